The van der Waals surface area contributed by atoms with Crippen molar-refractivity contribution < 1.29 is 0 Å². The molecular formula is C55H36N4. The smallest absolute Gasteiger partial charge is 0.113 e. The molecule has 0 fully saturated rings. The fraction of sp³-hybridized carbons (Fsp3) is 0.0182. The highest BCUT2D eigenvalue weighted by Gasteiger charge is 2.27. The molecule has 10 aromatic carbocycles. The van der Waals surface area contributed by atoms with E-state index < -0.39 is 0 Å². The molecule has 12 rings (SSSR count). The van der Waals surface area contributed by atoms with Crippen molar-refractivity contribution in [1.29, 1.82) is 0 Å². The molecule has 0 aliphatic carbocycles. The number of H-pyrrole nitrogens is 1. The quantitative estimate of drug-likeness (QED) is 0.178. The molecule has 11 aromatic rings. The van der Waals surface area contributed by atoms with Gasteiger partial charge >= 0.3 is 0 Å². The van der Waals surface area contributed by atoms with Crippen LogP contribution in [0.15, 0.2) is 200 Å². The van der Waals surface area contributed by atoms with Gasteiger partial charge in [0.15, 0.2) is 0 Å². The Morgan fingerprint density at radius 2 is 0.983 bits per heavy atom. The van der Waals surface area contributed by atoms with Crippen LogP contribution in [0.5, 0.6) is 0 Å². The van der Waals surface area contributed by atoms with Crippen molar-refractivity contribution in [3.63, 3.8) is 0 Å². The molecule has 0 spiro atoms. The van der Waals surface area contributed by atoms with E-state index in [1.165, 1.54) is 87.6 Å². The van der Waals surface area contributed by atoms with Gasteiger partial charge in [0.05, 0.1) is 6.04 Å². The molecule has 1 N–H and O–H groups in total. The predicted octanol–water partition coefficient (Wildman–Crippen LogP) is 14.2. The number of hydrogen-bond donors (Lipinski definition) is 1. The van der Waals surface area contributed by atoms with Crippen LogP contribution < -0.4 is 4.90 Å². The second-order valence-corrected chi connectivity index (χ2v) is 15.6. The van der Waals surface area contributed by atoms with Gasteiger partial charge in [-0.25, -0.2) is 0 Å². The second kappa shape index (κ2) is 13.4. The maximum Gasteiger partial charge on any atom is 0.113 e. The van der Waals surface area contributed by atoms with E-state index in [9.17, 15) is 0 Å². The molecule has 4 nitrogen and oxygen atoms in total. The molecule has 1 aromatic heterocycles. The van der Waals surface area contributed by atoms with E-state index in [1.54, 1.807) is 0 Å². The van der Waals surface area contributed by atoms with Crippen LogP contribution in [-0.2, 0) is 0 Å². The largest absolute Gasteiger partial charge is 0.336 e. The zero-order valence-electron chi connectivity index (χ0n) is 32.0. The molecule has 59 heavy (non-hydrogen) atoms. The zero-order chi connectivity index (χ0) is 38.9. The second-order valence-electron chi connectivity index (χ2n) is 15.6. The Labute approximate surface area is 341 Å². The Morgan fingerprint density at radius 1 is 0.407 bits per heavy atom. The molecule has 1 unspecified atom stereocenters. The molecule has 0 saturated heterocycles. The fourth-order valence-corrected chi connectivity index (χ4v) is 9.41. The van der Waals surface area contributed by atoms with Crippen molar-refractivity contribution in [2.24, 2.45) is 0 Å². The van der Waals surface area contributed by atoms with Crippen LogP contribution in [0.4, 0.5) is 5.69 Å². The van der Waals surface area contributed by atoms with Gasteiger partial charge in [-0.05, 0) is 142 Å². The SMILES string of the molecule is C1=CN(c2ccc(-c3ccc4c(-c5ccc6ccccc6c5)c5ccccc5c(-c5ccc6ccccc6c5)c4c3)cc2)C(c2ccc3n[nH]nc3c2)c2ccccc21. The van der Waals surface area contributed by atoms with Gasteiger partial charge in [-0.2, -0.15) is 15.4 Å². The number of fused-ring (bicyclic) bond motifs is 6. The van der Waals surface area contributed by atoms with Crippen LogP contribution in [0, 0.1) is 0 Å². The summed E-state index contributed by atoms with van der Waals surface area (Å²) in [5.41, 5.74) is 13.8. The number of nitrogens with one attached hydrogen (secondary N) is 1. The first-order valence-electron chi connectivity index (χ1n) is 20.2. The normalized spacial score (nSPS) is 13.8. The molecule has 0 saturated carbocycles. The predicted molar refractivity (Wildman–Crippen MR) is 246 cm³/mol. The van der Waals surface area contributed by atoms with Crippen molar-refractivity contribution in [3.8, 4) is 33.4 Å². The van der Waals surface area contributed by atoms with Gasteiger partial charge in [0.1, 0.15) is 11.0 Å². The van der Waals surface area contributed by atoms with Gasteiger partial charge in [0, 0.05) is 11.9 Å². The third-order valence-corrected chi connectivity index (χ3v) is 12.2. The Bertz CT molecular complexity index is 3470. The molecule has 0 bridgehead atoms. The summed E-state index contributed by atoms with van der Waals surface area (Å²) >= 11 is 0. The van der Waals surface area contributed by atoms with Crippen molar-refractivity contribution in [2.75, 3.05) is 4.90 Å². The van der Waals surface area contributed by atoms with E-state index >= 15 is 0 Å². The van der Waals surface area contributed by atoms with E-state index in [0.717, 1.165) is 22.3 Å². The standard InChI is InChI=1S/C55H36N4/c1-3-12-39-31-42(19-17-35(39)9-1)53-47-15-7-8-16-48(47)54(43-20-18-36-10-2-4-13-40(36)32-43)50-33-41(23-27-49(50)53)37-21-25-45(26-22-37)59-30-29-38-11-5-6-14-46(38)55(59)44-24-28-51-52(34-44)57-58-56-51/h1-34,55H,(H,56,57,58). The first-order chi connectivity index (χ1) is 29.2. The Hall–Kier alpha value is -7.82. The Morgan fingerprint density at radius 3 is 1.71 bits per heavy atom. The lowest BCUT2D eigenvalue weighted by Gasteiger charge is -2.35. The highest BCUT2D eigenvalue weighted by Crippen LogP contribution is 2.46. The van der Waals surface area contributed by atoms with E-state index in [-0.39, 0.29) is 6.04 Å². The van der Waals surface area contributed by atoms with Crippen LogP contribution >= 0.6 is 0 Å². The maximum absolute atomic E-state index is 4.41. The van der Waals surface area contributed by atoms with Crippen molar-refractivity contribution >= 4 is 65.9 Å². The van der Waals surface area contributed by atoms with Crippen molar-refractivity contribution in [3.05, 3.63) is 217 Å². The molecule has 2 heterocycles. The van der Waals surface area contributed by atoms with Crippen LogP contribution in [0.2, 0.25) is 0 Å². The number of nitrogens with zero attached hydrogens (tertiary/aromatic N) is 3. The Kier molecular flexibility index (Phi) is 7.57. The minimum atomic E-state index is -0.0184. The monoisotopic (exact) mass is 752 g/mol. The van der Waals surface area contributed by atoms with Crippen LogP contribution in [0.1, 0.15) is 22.7 Å². The summed E-state index contributed by atoms with van der Waals surface area (Å²) in [4.78, 5) is 2.37. The topological polar surface area (TPSA) is 44.8 Å². The molecule has 0 amide bonds. The average molecular weight is 753 g/mol. The minimum absolute atomic E-state index is 0.0184. The first-order valence-corrected chi connectivity index (χ1v) is 20.2. The van der Waals surface area contributed by atoms with Gasteiger partial charge in [0.2, 0.25) is 0 Å². The van der Waals surface area contributed by atoms with E-state index in [0.29, 0.717) is 0 Å². The van der Waals surface area contributed by atoms with E-state index in [2.05, 4.69) is 227 Å². The number of rotatable bonds is 5. The van der Waals surface area contributed by atoms with E-state index in [4.69, 9.17) is 0 Å². The van der Waals surface area contributed by atoms with Crippen molar-refractivity contribution in [2.45, 2.75) is 6.04 Å². The van der Waals surface area contributed by atoms with Gasteiger partial charge in [0.25, 0.3) is 0 Å². The molecule has 1 aliphatic rings. The van der Waals surface area contributed by atoms with Gasteiger partial charge in [-0.3, -0.25) is 0 Å². The molecule has 1 aliphatic heterocycles. The zero-order valence-corrected chi connectivity index (χ0v) is 32.0. The number of aromatic nitrogens is 3. The van der Waals surface area contributed by atoms with Crippen molar-refractivity contribution in [1.82, 2.24) is 15.4 Å². The molecule has 4 heteroatoms. The van der Waals surface area contributed by atoms with Gasteiger partial charge in [-0.1, -0.05) is 152 Å². The first kappa shape index (κ1) is 33.3. The average Bonchev–Trinajstić information content (AvgIpc) is 3.78. The van der Waals surface area contributed by atoms with Gasteiger partial charge < -0.3 is 4.90 Å². The summed E-state index contributed by atoms with van der Waals surface area (Å²) in [6.45, 7) is 0. The third-order valence-electron chi connectivity index (χ3n) is 12.2. The fourth-order valence-electron chi connectivity index (χ4n) is 9.41. The number of hydrogen-bond acceptors (Lipinski definition) is 3. The highest BCUT2D eigenvalue weighted by molar-refractivity contribution is 6.22. The molecule has 276 valence electrons. The Balaban J connectivity index is 1.03. The van der Waals surface area contributed by atoms with Crippen LogP contribution in [0.25, 0.3) is 93.6 Å². The summed E-state index contributed by atoms with van der Waals surface area (Å²) in [7, 11) is 0. The lowest BCUT2D eigenvalue weighted by Crippen LogP contribution is -2.27. The number of benzene rings is 10. The number of anilines is 1. The third kappa shape index (κ3) is 5.53. The number of aromatic amines is 1. The highest BCUT2D eigenvalue weighted by atomic mass is 15.3. The summed E-state index contributed by atoms with van der Waals surface area (Å²) in [6.07, 6.45) is 4.42. The molecular weight excluding hydrogens is 717 g/mol. The molecule has 0 radical (unpaired) electrons. The lowest BCUT2D eigenvalue weighted by atomic mass is 9.84. The summed E-state index contributed by atoms with van der Waals surface area (Å²) < 4.78 is 0. The van der Waals surface area contributed by atoms with Gasteiger partial charge in [-0.15, -0.1) is 0 Å². The van der Waals surface area contributed by atoms with E-state index in [1.807, 2.05) is 0 Å². The maximum atomic E-state index is 4.41. The summed E-state index contributed by atoms with van der Waals surface area (Å²) in [6, 6.07) is 71.1. The van der Waals surface area contributed by atoms with Crippen LogP contribution in [0.3, 0.4) is 0 Å². The summed E-state index contributed by atoms with van der Waals surface area (Å²) in [5.74, 6) is 0. The summed E-state index contributed by atoms with van der Waals surface area (Å²) in [5, 5.41) is 21.4. The minimum Gasteiger partial charge on any atom is -0.336 e. The molecule has 1 atom stereocenters. The lowest BCUT2D eigenvalue weighted by molar-refractivity contribution is 0.805. The van der Waals surface area contributed by atoms with Crippen LogP contribution in [-0.4, -0.2) is 15.4 Å².